The molecule has 5 nitrogen and oxygen atoms in total. The zero-order valence-corrected chi connectivity index (χ0v) is 14.4. The molecular weight excluding hydrogens is 325 g/mol. The van der Waals surface area contributed by atoms with Crippen molar-refractivity contribution in [1.82, 2.24) is 16.0 Å². The third-order valence-corrected chi connectivity index (χ3v) is 3.22. The monoisotopic (exact) mass is 347 g/mol. The quantitative estimate of drug-likeness (QED) is 0.630. The Hall–Kier alpha value is -1.30. The molecule has 0 fully saturated rings. The van der Waals surface area contributed by atoms with E-state index in [4.69, 9.17) is 11.6 Å². The number of hydrogen-bond acceptors (Lipinski definition) is 3. The smallest absolute Gasteiger partial charge is 0.222 e. The lowest BCUT2D eigenvalue weighted by Gasteiger charge is -2.18. The number of amides is 2. The van der Waals surface area contributed by atoms with Crippen LogP contribution in [-0.2, 0) is 9.59 Å². The zero-order valence-electron chi connectivity index (χ0n) is 12.8. The Labute approximate surface area is 142 Å². The van der Waals surface area contributed by atoms with Gasteiger partial charge in [0, 0.05) is 18.5 Å². The van der Waals surface area contributed by atoms with E-state index < -0.39 is 0 Å². The molecule has 2 amide bonds. The molecule has 22 heavy (non-hydrogen) atoms. The molecule has 7 heteroatoms. The fourth-order valence-electron chi connectivity index (χ4n) is 1.94. The van der Waals surface area contributed by atoms with Crippen molar-refractivity contribution in [3.8, 4) is 0 Å². The van der Waals surface area contributed by atoms with Gasteiger partial charge in [0.1, 0.15) is 0 Å². The summed E-state index contributed by atoms with van der Waals surface area (Å²) in [5, 5.41) is 9.28. The van der Waals surface area contributed by atoms with Gasteiger partial charge in [-0.3, -0.25) is 9.59 Å². The molecule has 1 unspecified atom stereocenters. The van der Waals surface area contributed by atoms with Crippen molar-refractivity contribution in [1.29, 1.82) is 0 Å². The van der Waals surface area contributed by atoms with Crippen LogP contribution in [0.4, 0.5) is 0 Å². The number of rotatable bonds is 8. The summed E-state index contributed by atoms with van der Waals surface area (Å²) in [7, 11) is 1.87. The second-order valence-corrected chi connectivity index (χ2v) is 5.25. The van der Waals surface area contributed by atoms with Crippen LogP contribution in [0.25, 0.3) is 0 Å². The summed E-state index contributed by atoms with van der Waals surface area (Å²) in [5.74, 6) is -0.252. The second-order valence-electron chi connectivity index (χ2n) is 4.82. The molecule has 0 saturated carbocycles. The van der Waals surface area contributed by atoms with Crippen molar-refractivity contribution in [3.05, 3.63) is 34.9 Å². The summed E-state index contributed by atoms with van der Waals surface area (Å²) in [5.41, 5.74) is 0.861. The predicted molar refractivity (Wildman–Crippen MR) is 91.4 cm³/mol. The molecule has 0 aromatic heterocycles. The van der Waals surface area contributed by atoms with Crippen molar-refractivity contribution in [2.24, 2.45) is 0 Å². The number of carbonyl (C=O) groups is 2. The molecular formula is C15H23Cl2N3O2. The average Bonchev–Trinajstić information content (AvgIpc) is 2.43. The highest BCUT2D eigenvalue weighted by Crippen LogP contribution is 2.19. The number of hydrogen-bond donors (Lipinski definition) is 3. The molecule has 3 N–H and O–H groups in total. The minimum atomic E-state index is -0.343. The summed E-state index contributed by atoms with van der Waals surface area (Å²) in [6.45, 7) is 2.91. The molecule has 0 aliphatic rings. The molecule has 1 rings (SSSR count). The molecule has 0 saturated heterocycles. The van der Waals surface area contributed by atoms with Crippen LogP contribution in [-0.4, -0.2) is 32.0 Å². The van der Waals surface area contributed by atoms with E-state index in [1.54, 1.807) is 12.1 Å². The van der Waals surface area contributed by atoms with Crippen LogP contribution in [0.5, 0.6) is 0 Å². The maximum absolute atomic E-state index is 11.9. The van der Waals surface area contributed by atoms with E-state index in [1.807, 2.05) is 19.2 Å². The molecule has 0 spiro atoms. The first kappa shape index (κ1) is 20.7. The van der Waals surface area contributed by atoms with Gasteiger partial charge in [0.15, 0.2) is 0 Å². The maximum Gasteiger partial charge on any atom is 0.222 e. The normalized spacial score (nSPS) is 11.2. The summed E-state index contributed by atoms with van der Waals surface area (Å²) in [4.78, 5) is 23.2. The minimum absolute atomic E-state index is 0. The average molecular weight is 348 g/mol. The van der Waals surface area contributed by atoms with Crippen LogP contribution in [0.2, 0.25) is 5.02 Å². The molecule has 0 heterocycles. The van der Waals surface area contributed by atoms with Gasteiger partial charge in [-0.2, -0.15) is 0 Å². The fourth-order valence-corrected chi connectivity index (χ4v) is 2.07. The highest BCUT2D eigenvalue weighted by molar-refractivity contribution is 6.30. The molecule has 0 bridgehead atoms. The van der Waals surface area contributed by atoms with Gasteiger partial charge in [0.25, 0.3) is 0 Å². The Bertz CT molecular complexity index is 466. The Morgan fingerprint density at radius 3 is 2.36 bits per heavy atom. The molecule has 1 atom stereocenters. The van der Waals surface area contributed by atoms with Crippen molar-refractivity contribution in [3.63, 3.8) is 0 Å². The first-order valence-corrected chi connectivity index (χ1v) is 7.34. The predicted octanol–water partition coefficient (Wildman–Crippen LogP) is 2.05. The van der Waals surface area contributed by atoms with Crippen LogP contribution in [0.1, 0.15) is 31.4 Å². The summed E-state index contributed by atoms with van der Waals surface area (Å²) < 4.78 is 0. The van der Waals surface area contributed by atoms with Crippen molar-refractivity contribution < 1.29 is 9.59 Å². The first-order chi connectivity index (χ1) is 10.0. The van der Waals surface area contributed by atoms with Gasteiger partial charge in [-0.1, -0.05) is 23.7 Å². The Kier molecular flexibility index (Phi) is 10.6. The van der Waals surface area contributed by atoms with Crippen LogP contribution < -0.4 is 16.0 Å². The van der Waals surface area contributed by atoms with E-state index in [0.29, 0.717) is 11.6 Å². The lowest BCUT2D eigenvalue weighted by Crippen LogP contribution is -2.33. The second kappa shape index (κ2) is 11.3. The largest absolute Gasteiger partial charge is 0.356 e. The molecule has 124 valence electrons. The third kappa shape index (κ3) is 8.22. The molecule has 1 aromatic rings. The van der Waals surface area contributed by atoms with Gasteiger partial charge >= 0.3 is 0 Å². The fraction of sp³-hybridized carbons (Fsp3) is 0.467. The van der Waals surface area contributed by atoms with E-state index >= 15 is 0 Å². The Morgan fingerprint density at radius 1 is 1.18 bits per heavy atom. The Balaban J connectivity index is 0.00000441. The van der Waals surface area contributed by atoms with Gasteiger partial charge in [-0.15, -0.1) is 12.4 Å². The zero-order chi connectivity index (χ0) is 15.7. The van der Waals surface area contributed by atoms with Crippen LogP contribution in [0.3, 0.4) is 0 Å². The van der Waals surface area contributed by atoms with Gasteiger partial charge in [-0.25, -0.2) is 0 Å². The van der Waals surface area contributed by atoms with E-state index in [2.05, 4.69) is 16.0 Å². The molecule has 0 radical (unpaired) electrons. The Morgan fingerprint density at radius 2 is 1.82 bits per heavy atom. The molecule has 0 aliphatic heterocycles. The van der Waals surface area contributed by atoms with Gasteiger partial charge in [-0.05, 0) is 37.7 Å². The third-order valence-electron chi connectivity index (χ3n) is 2.97. The van der Waals surface area contributed by atoms with Gasteiger partial charge < -0.3 is 16.0 Å². The van der Waals surface area contributed by atoms with E-state index in [0.717, 1.165) is 18.5 Å². The summed E-state index contributed by atoms with van der Waals surface area (Å²) in [6.07, 6.45) is 1.08. The lowest BCUT2D eigenvalue weighted by molar-refractivity contribution is -0.122. The SMILES string of the molecule is CNCCCNC(=O)CC(NC(C)=O)c1ccc(Cl)cc1.Cl. The highest BCUT2D eigenvalue weighted by atomic mass is 35.5. The number of carbonyl (C=O) groups excluding carboxylic acids is 2. The summed E-state index contributed by atoms with van der Waals surface area (Å²) >= 11 is 5.85. The van der Waals surface area contributed by atoms with E-state index in [1.165, 1.54) is 6.92 Å². The van der Waals surface area contributed by atoms with Crippen molar-refractivity contribution in [2.75, 3.05) is 20.1 Å². The minimum Gasteiger partial charge on any atom is -0.356 e. The van der Waals surface area contributed by atoms with Gasteiger partial charge in [0.2, 0.25) is 11.8 Å². The van der Waals surface area contributed by atoms with Gasteiger partial charge in [0.05, 0.1) is 12.5 Å². The lowest BCUT2D eigenvalue weighted by atomic mass is 10.0. The summed E-state index contributed by atoms with van der Waals surface area (Å²) in [6, 6.07) is 6.78. The van der Waals surface area contributed by atoms with Crippen LogP contribution in [0, 0.1) is 0 Å². The van der Waals surface area contributed by atoms with E-state index in [9.17, 15) is 9.59 Å². The van der Waals surface area contributed by atoms with Crippen LogP contribution in [0.15, 0.2) is 24.3 Å². The molecule has 0 aliphatic carbocycles. The van der Waals surface area contributed by atoms with Crippen LogP contribution >= 0.6 is 24.0 Å². The maximum atomic E-state index is 11.9. The first-order valence-electron chi connectivity index (χ1n) is 6.96. The highest BCUT2D eigenvalue weighted by Gasteiger charge is 2.16. The van der Waals surface area contributed by atoms with Crippen molar-refractivity contribution in [2.45, 2.75) is 25.8 Å². The number of nitrogens with one attached hydrogen (secondary N) is 3. The topological polar surface area (TPSA) is 70.2 Å². The number of benzene rings is 1. The standard InChI is InChI=1S/C15H22ClN3O2.ClH/c1-11(20)19-14(12-4-6-13(16)7-5-12)10-15(21)18-9-3-8-17-2;/h4-7,14,17H,3,8-10H2,1-2H3,(H,18,21)(H,19,20);1H. The van der Waals surface area contributed by atoms with E-state index in [-0.39, 0.29) is 36.7 Å². The number of halogens is 2. The van der Waals surface area contributed by atoms with Crippen molar-refractivity contribution >= 4 is 35.8 Å². The molecule has 1 aromatic carbocycles.